The normalized spacial score (nSPS) is 16.0. The van der Waals surface area contributed by atoms with Gasteiger partial charge in [-0.25, -0.2) is 0 Å². The van der Waals surface area contributed by atoms with Gasteiger partial charge in [-0.15, -0.1) is 16.4 Å². The second kappa shape index (κ2) is 6.69. The second-order valence-electron chi connectivity index (χ2n) is 8.56. The Kier molecular flexibility index (Phi) is 4.27. The van der Waals surface area contributed by atoms with E-state index in [2.05, 4.69) is 54.3 Å². The van der Waals surface area contributed by atoms with E-state index in [1.54, 1.807) is 9.39 Å². The standard InChI is InChI=1S/C22H27N5S/c1-12(2)17-18-14(4)20(15-8-6-5-7-9-15)28-22(18)23-19(17)16-10-13(3)21-24-25-26-27(21)11-16/h10-12,15,23H,5-9H2,1-4H3. The van der Waals surface area contributed by atoms with Gasteiger partial charge in [0.2, 0.25) is 0 Å². The van der Waals surface area contributed by atoms with Crippen molar-refractivity contribution in [2.45, 2.75) is 71.6 Å². The van der Waals surface area contributed by atoms with Crippen LogP contribution in [-0.4, -0.2) is 25.0 Å². The zero-order valence-electron chi connectivity index (χ0n) is 17.0. The van der Waals surface area contributed by atoms with Gasteiger partial charge in [-0.05, 0) is 71.7 Å². The van der Waals surface area contributed by atoms with Gasteiger partial charge in [0.1, 0.15) is 4.83 Å². The number of H-pyrrole nitrogens is 1. The molecule has 0 saturated heterocycles. The summed E-state index contributed by atoms with van der Waals surface area (Å²) in [6.45, 7) is 9.00. The number of tetrazole rings is 1. The molecular weight excluding hydrogens is 366 g/mol. The van der Waals surface area contributed by atoms with Gasteiger partial charge < -0.3 is 4.98 Å². The minimum atomic E-state index is 0.445. The van der Waals surface area contributed by atoms with E-state index in [0.29, 0.717) is 5.92 Å². The summed E-state index contributed by atoms with van der Waals surface area (Å²) in [5.41, 5.74) is 7.21. The molecule has 1 aliphatic rings. The fourth-order valence-electron chi connectivity index (χ4n) is 4.95. The van der Waals surface area contributed by atoms with Crippen LogP contribution in [0, 0.1) is 13.8 Å². The van der Waals surface area contributed by atoms with Crippen molar-refractivity contribution in [1.29, 1.82) is 0 Å². The number of nitrogens with one attached hydrogen (secondary N) is 1. The molecule has 0 unspecified atom stereocenters. The lowest BCUT2D eigenvalue weighted by atomic mass is 9.86. The molecule has 1 fully saturated rings. The molecule has 4 heterocycles. The third-order valence-corrected chi connectivity index (χ3v) is 7.65. The average Bonchev–Trinajstić information content (AvgIpc) is 3.37. The van der Waals surface area contributed by atoms with Gasteiger partial charge in [0, 0.05) is 22.0 Å². The number of fused-ring (bicyclic) bond motifs is 2. The molecule has 0 bridgehead atoms. The van der Waals surface area contributed by atoms with Crippen LogP contribution in [0.15, 0.2) is 12.3 Å². The second-order valence-corrected chi connectivity index (χ2v) is 9.61. The number of aromatic amines is 1. The summed E-state index contributed by atoms with van der Waals surface area (Å²) in [7, 11) is 0. The number of aromatic nitrogens is 5. The van der Waals surface area contributed by atoms with Gasteiger partial charge in [-0.2, -0.15) is 4.52 Å². The molecule has 0 aromatic carbocycles. The van der Waals surface area contributed by atoms with Crippen LogP contribution in [-0.2, 0) is 0 Å². The first-order valence-electron chi connectivity index (χ1n) is 10.4. The lowest BCUT2D eigenvalue weighted by Crippen LogP contribution is -2.04. The molecular formula is C22H27N5S. The molecule has 6 heteroatoms. The summed E-state index contributed by atoms with van der Waals surface area (Å²) in [6.07, 6.45) is 8.90. The van der Waals surface area contributed by atoms with Crippen LogP contribution >= 0.6 is 11.3 Å². The Morgan fingerprint density at radius 1 is 1.18 bits per heavy atom. The highest BCUT2D eigenvalue weighted by molar-refractivity contribution is 7.19. The molecule has 0 aliphatic heterocycles. The molecule has 146 valence electrons. The predicted octanol–water partition coefficient (Wildman–Crippen LogP) is 6.12. The SMILES string of the molecule is Cc1c(C2CCCCC2)sc2[nH]c(-c3cc(C)c4nnnn4c3)c(C(C)C)c12. The smallest absolute Gasteiger partial charge is 0.182 e. The first kappa shape index (κ1) is 17.9. The van der Waals surface area contributed by atoms with Gasteiger partial charge in [0.15, 0.2) is 5.65 Å². The Balaban J connectivity index is 1.69. The van der Waals surface area contributed by atoms with E-state index in [1.807, 2.05) is 17.5 Å². The number of thiophene rings is 1. The highest BCUT2D eigenvalue weighted by Gasteiger charge is 2.26. The van der Waals surface area contributed by atoms with Crippen LogP contribution in [0.1, 0.15) is 79.4 Å². The number of pyridine rings is 1. The van der Waals surface area contributed by atoms with E-state index in [4.69, 9.17) is 0 Å². The quantitative estimate of drug-likeness (QED) is 0.456. The van der Waals surface area contributed by atoms with E-state index in [0.717, 1.165) is 22.7 Å². The number of nitrogens with zero attached hydrogens (tertiary/aromatic N) is 4. The van der Waals surface area contributed by atoms with Crippen LogP contribution in [0.4, 0.5) is 0 Å². The molecule has 0 amide bonds. The predicted molar refractivity (Wildman–Crippen MR) is 115 cm³/mol. The molecule has 5 nitrogen and oxygen atoms in total. The fraction of sp³-hybridized carbons (Fsp3) is 0.500. The molecule has 5 rings (SSSR count). The van der Waals surface area contributed by atoms with Crippen molar-refractivity contribution in [2.75, 3.05) is 0 Å². The molecule has 0 atom stereocenters. The van der Waals surface area contributed by atoms with E-state index in [1.165, 1.54) is 59.1 Å². The minimum Gasteiger partial charge on any atom is -0.346 e. The highest BCUT2D eigenvalue weighted by Crippen LogP contribution is 2.46. The van der Waals surface area contributed by atoms with Crippen LogP contribution in [0.2, 0.25) is 0 Å². The fourth-order valence-corrected chi connectivity index (χ4v) is 6.35. The summed E-state index contributed by atoms with van der Waals surface area (Å²) in [4.78, 5) is 6.72. The van der Waals surface area contributed by atoms with Crippen LogP contribution in [0.3, 0.4) is 0 Å². The molecule has 1 aliphatic carbocycles. The van der Waals surface area contributed by atoms with Crippen molar-refractivity contribution in [3.63, 3.8) is 0 Å². The first-order chi connectivity index (χ1) is 13.5. The third-order valence-electron chi connectivity index (χ3n) is 6.28. The highest BCUT2D eigenvalue weighted by atomic mass is 32.1. The molecule has 1 N–H and O–H groups in total. The maximum Gasteiger partial charge on any atom is 0.182 e. The van der Waals surface area contributed by atoms with Crippen molar-refractivity contribution >= 4 is 27.2 Å². The lowest BCUT2D eigenvalue weighted by Gasteiger charge is -2.21. The molecule has 0 radical (unpaired) electrons. The van der Waals surface area contributed by atoms with E-state index >= 15 is 0 Å². The van der Waals surface area contributed by atoms with Gasteiger partial charge in [0.25, 0.3) is 0 Å². The largest absolute Gasteiger partial charge is 0.346 e. The minimum absolute atomic E-state index is 0.445. The van der Waals surface area contributed by atoms with Gasteiger partial charge in [-0.3, -0.25) is 0 Å². The van der Waals surface area contributed by atoms with Crippen molar-refractivity contribution in [2.24, 2.45) is 0 Å². The Labute approximate surface area is 169 Å². The van der Waals surface area contributed by atoms with Crippen LogP contribution in [0.5, 0.6) is 0 Å². The van der Waals surface area contributed by atoms with Crippen molar-refractivity contribution in [3.8, 4) is 11.3 Å². The van der Waals surface area contributed by atoms with Crippen molar-refractivity contribution in [1.82, 2.24) is 25.0 Å². The Bertz CT molecular complexity index is 1160. The Hall–Kier alpha value is -2.21. The van der Waals surface area contributed by atoms with Crippen LogP contribution < -0.4 is 0 Å². The van der Waals surface area contributed by atoms with Crippen LogP contribution in [0.25, 0.3) is 27.1 Å². The van der Waals surface area contributed by atoms with E-state index < -0.39 is 0 Å². The molecule has 28 heavy (non-hydrogen) atoms. The summed E-state index contributed by atoms with van der Waals surface area (Å²) in [5, 5.41) is 13.5. The monoisotopic (exact) mass is 393 g/mol. The molecule has 0 spiro atoms. The van der Waals surface area contributed by atoms with E-state index in [9.17, 15) is 0 Å². The molecule has 4 aromatic heterocycles. The lowest BCUT2D eigenvalue weighted by molar-refractivity contribution is 0.447. The number of rotatable bonds is 3. The summed E-state index contributed by atoms with van der Waals surface area (Å²) in [6, 6.07) is 2.20. The van der Waals surface area contributed by atoms with E-state index in [-0.39, 0.29) is 0 Å². The topological polar surface area (TPSA) is 58.9 Å². The molecule has 4 aromatic rings. The average molecular weight is 394 g/mol. The zero-order chi connectivity index (χ0) is 19.4. The van der Waals surface area contributed by atoms with Gasteiger partial charge in [-0.1, -0.05) is 33.1 Å². The van der Waals surface area contributed by atoms with Gasteiger partial charge >= 0.3 is 0 Å². The Morgan fingerprint density at radius 2 is 1.96 bits per heavy atom. The zero-order valence-corrected chi connectivity index (χ0v) is 17.9. The Morgan fingerprint density at radius 3 is 2.71 bits per heavy atom. The maximum atomic E-state index is 4.12. The van der Waals surface area contributed by atoms with Gasteiger partial charge in [0.05, 0.1) is 5.69 Å². The number of aryl methyl sites for hydroxylation is 2. The summed E-state index contributed by atoms with van der Waals surface area (Å²) in [5.74, 6) is 1.20. The number of hydrogen-bond acceptors (Lipinski definition) is 4. The maximum absolute atomic E-state index is 4.12. The third kappa shape index (κ3) is 2.69. The molecule has 1 saturated carbocycles. The van der Waals surface area contributed by atoms with Crippen molar-refractivity contribution < 1.29 is 0 Å². The summed E-state index contributed by atoms with van der Waals surface area (Å²) >= 11 is 1.98. The summed E-state index contributed by atoms with van der Waals surface area (Å²) < 4.78 is 1.78. The number of hydrogen-bond donors (Lipinski definition) is 1. The van der Waals surface area contributed by atoms with Crippen molar-refractivity contribution in [3.05, 3.63) is 33.8 Å². The first-order valence-corrected chi connectivity index (χ1v) is 11.2.